The van der Waals surface area contributed by atoms with Gasteiger partial charge in [-0.15, -0.1) is 0 Å². The Morgan fingerprint density at radius 2 is 1.77 bits per heavy atom. The molecule has 2 aliphatic heterocycles. The third kappa shape index (κ3) is 4.18. The second-order valence-corrected chi connectivity index (χ2v) is 8.72. The van der Waals surface area contributed by atoms with E-state index in [4.69, 9.17) is 0 Å². The molecule has 2 heterocycles. The number of carbonyl (C=O) groups is 1. The van der Waals surface area contributed by atoms with Crippen LogP contribution in [0.1, 0.15) is 25.7 Å². The largest absolute Gasteiger partial charge is 0.353 e. The molecule has 1 N–H and O–H groups in total. The molecule has 2 fully saturated rings. The second kappa shape index (κ2) is 7.25. The Morgan fingerprint density at radius 1 is 1.14 bits per heavy atom. The summed E-state index contributed by atoms with van der Waals surface area (Å²) in [4.78, 5) is 14.7. The van der Waals surface area contributed by atoms with Gasteiger partial charge in [-0.2, -0.15) is 17.0 Å². The molecule has 0 radical (unpaired) electrons. The van der Waals surface area contributed by atoms with Crippen molar-refractivity contribution in [2.45, 2.75) is 31.7 Å². The van der Waals surface area contributed by atoms with E-state index in [0.29, 0.717) is 13.1 Å². The zero-order valence-electron chi connectivity index (χ0n) is 13.8. The van der Waals surface area contributed by atoms with Gasteiger partial charge in [0.05, 0.1) is 5.92 Å². The van der Waals surface area contributed by atoms with Gasteiger partial charge in [0, 0.05) is 33.2 Å². The lowest BCUT2D eigenvalue weighted by Gasteiger charge is -2.34. The van der Waals surface area contributed by atoms with Crippen LogP contribution in [-0.4, -0.2) is 81.2 Å². The molecule has 128 valence electrons. The average Bonchev–Trinajstić information content (AvgIpc) is 2.49. The number of hydrogen-bond acceptors (Lipinski definition) is 4. The van der Waals surface area contributed by atoms with E-state index < -0.39 is 10.2 Å². The second-order valence-electron chi connectivity index (χ2n) is 6.57. The van der Waals surface area contributed by atoms with E-state index in [1.165, 1.54) is 22.7 Å². The minimum absolute atomic E-state index is 0.00760. The summed E-state index contributed by atoms with van der Waals surface area (Å²) in [5.74, 6) is -0.226. The first-order valence-electron chi connectivity index (χ1n) is 7.97. The molecule has 0 aromatic carbocycles. The third-order valence-electron chi connectivity index (χ3n) is 4.61. The quantitative estimate of drug-likeness (QED) is 0.768. The summed E-state index contributed by atoms with van der Waals surface area (Å²) in [7, 11) is 1.71. The number of piperidine rings is 2. The van der Waals surface area contributed by atoms with Crippen molar-refractivity contribution in [3.05, 3.63) is 0 Å². The Bertz CT molecular complexity index is 486. The molecule has 8 heteroatoms. The highest BCUT2D eigenvalue weighted by atomic mass is 32.2. The maximum Gasteiger partial charge on any atom is 0.281 e. The molecule has 0 aliphatic carbocycles. The van der Waals surface area contributed by atoms with E-state index in [1.807, 2.05) is 0 Å². The van der Waals surface area contributed by atoms with E-state index in [0.717, 1.165) is 38.8 Å². The van der Waals surface area contributed by atoms with E-state index in [1.54, 1.807) is 0 Å². The minimum atomic E-state index is -3.43. The molecule has 0 saturated carbocycles. The van der Waals surface area contributed by atoms with Gasteiger partial charge < -0.3 is 10.2 Å². The van der Waals surface area contributed by atoms with Gasteiger partial charge in [-0.05, 0) is 45.8 Å². The van der Waals surface area contributed by atoms with Gasteiger partial charge in [-0.25, -0.2) is 0 Å². The fourth-order valence-electron chi connectivity index (χ4n) is 3.07. The van der Waals surface area contributed by atoms with Crippen LogP contribution in [0.15, 0.2) is 0 Å². The number of rotatable bonds is 4. The topological polar surface area (TPSA) is 73.0 Å². The van der Waals surface area contributed by atoms with Gasteiger partial charge in [0.1, 0.15) is 0 Å². The number of hydrogen-bond donors (Lipinski definition) is 1. The first-order valence-corrected chi connectivity index (χ1v) is 9.37. The van der Waals surface area contributed by atoms with E-state index in [-0.39, 0.29) is 17.9 Å². The van der Waals surface area contributed by atoms with Gasteiger partial charge in [0.15, 0.2) is 0 Å². The van der Waals surface area contributed by atoms with Crippen LogP contribution in [0.3, 0.4) is 0 Å². The SMILES string of the molecule is CN1CCC(NC(=O)[C@H]2CCCN(S(=O)(=O)N(C)C)C2)CC1. The molecule has 1 atom stereocenters. The van der Waals surface area contributed by atoms with Crippen LogP contribution >= 0.6 is 0 Å². The lowest BCUT2D eigenvalue weighted by molar-refractivity contribution is -0.127. The van der Waals surface area contributed by atoms with Gasteiger partial charge in [-0.1, -0.05) is 0 Å². The van der Waals surface area contributed by atoms with Crippen molar-refractivity contribution >= 4 is 16.1 Å². The highest BCUT2D eigenvalue weighted by Gasteiger charge is 2.34. The first-order chi connectivity index (χ1) is 10.3. The molecular formula is C14H28N4O3S. The maximum absolute atomic E-state index is 12.4. The molecule has 2 aliphatic rings. The maximum atomic E-state index is 12.4. The number of carbonyl (C=O) groups excluding carboxylic acids is 1. The van der Waals surface area contributed by atoms with Crippen LogP contribution in [0, 0.1) is 5.92 Å². The summed E-state index contributed by atoms with van der Waals surface area (Å²) >= 11 is 0. The molecule has 1 amide bonds. The molecule has 2 saturated heterocycles. The molecular weight excluding hydrogens is 304 g/mol. The van der Waals surface area contributed by atoms with Crippen LogP contribution in [0.25, 0.3) is 0 Å². The fraction of sp³-hybridized carbons (Fsp3) is 0.929. The van der Waals surface area contributed by atoms with Gasteiger partial charge in [0.25, 0.3) is 10.2 Å². The summed E-state index contributed by atoms with van der Waals surface area (Å²) in [5, 5.41) is 3.11. The van der Waals surface area contributed by atoms with E-state index in [2.05, 4.69) is 17.3 Å². The van der Waals surface area contributed by atoms with E-state index >= 15 is 0 Å². The van der Waals surface area contributed by atoms with Crippen molar-refractivity contribution in [3.63, 3.8) is 0 Å². The van der Waals surface area contributed by atoms with E-state index in [9.17, 15) is 13.2 Å². The molecule has 7 nitrogen and oxygen atoms in total. The summed E-state index contributed by atoms with van der Waals surface area (Å²) in [6.45, 7) is 2.78. The lowest BCUT2D eigenvalue weighted by Crippen LogP contribution is -2.51. The highest BCUT2D eigenvalue weighted by Crippen LogP contribution is 2.21. The molecule has 2 rings (SSSR count). The fourth-order valence-corrected chi connectivity index (χ4v) is 4.26. The summed E-state index contributed by atoms with van der Waals surface area (Å²) in [6, 6.07) is 0.226. The highest BCUT2D eigenvalue weighted by molar-refractivity contribution is 7.86. The Hall–Kier alpha value is -0.700. The van der Waals surface area contributed by atoms with Crippen LogP contribution < -0.4 is 5.32 Å². The number of nitrogens with one attached hydrogen (secondary N) is 1. The molecule has 0 spiro atoms. The summed E-state index contributed by atoms with van der Waals surface area (Å²) in [5.41, 5.74) is 0. The van der Waals surface area contributed by atoms with Crippen molar-refractivity contribution in [3.8, 4) is 0 Å². The summed E-state index contributed by atoms with van der Waals surface area (Å²) in [6.07, 6.45) is 3.43. The van der Waals surface area contributed by atoms with Crippen molar-refractivity contribution < 1.29 is 13.2 Å². The number of likely N-dealkylation sites (tertiary alicyclic amines) is 1. The van der Waals surface area contributed by atoms with Gasteiger partial charge >= 0.3 is 0 Å². The standard InChI is InChI=1S/C14H28N4O3S/c1-16(2)22(20,21)18-8-4-5-12(11-18)14(19)15-13-6-9-17(3)10-7-13/h12-13H,4-11H2,1-3H3,(H,15,19)/t12-/m0/s1. The monoisotopic (exact) mass is 332 g/mol. The molecule has 0 bridgehead atoms. The minimum Gasteiger partial charge on any atom is -0.353 e. The predicted molar refractivity (Wildman–Crippen MR) is 85.6 cm³/mol. The van der Waals surface area contributed by atoms with Crippen molar-refractivity contribution in [2.24, 2.45) is 5.92 Å². The zero-order valence-corrected chi connectivity index (χ0v) is 14.6. The zero-order chi connectivity index (χ0) is 16.3. The Balaban J connectivity index is 1.90. The molecule has 0 aromatic rings. The predicted octanol–water partition coefficient (Wildman–Crippen LogP) is -0.285. The van der Waals surface area contributed by atoms with Crippen LogP contribution in [0.5, 0.6) is 0 Å². The normalized spacial score (nSPS) is 26.3. The Kier molecular flexibility index (Phi) is 5.81. The Labute approximate surface area is 133 Å². The van der Waals surface area contributed by atoms with Crippen LogP contribution in [0.4, 0.5) is 0 Å². The lowest BCUT2D eigenvalue weighted by atomic mass is 9.97. The first kappa shape index (κ1) is 17.7. The molecule has 0 unspecified atom stereocenters. The van der Waals surface area contributed by atoms with Crippen molar-refractivity contribution in [1.29, 1.82) is 0 Å². The third-order valence-corrected chi connectivity index (χ3v) is 6.51. The molecule has 22 heavy (non-hydrogen) atoms. The average molecular weight is 332 g/mol. The van der Waals surface area contributed by atoms with Crippen LogP contribution in [-0.2, 0) is 15.0 Å². The smallest absolute Gasteiger partial charge is 0.281 e. The van der Waals surface area contributed by atoms with Gasteiger partial charge in [-0.3, -0.25) is 4.79 Å². The van der Waals surface area contributed by atoms with Gasteiger partial charge in [0.2, 0.25) is 5.91 Å². The molecule has 0 aromatic heterocycles. The number of amides is 1. The van der Waals surface area contributed by atoms with Crippen LogP contribution in [0.2, 0.25) is 0 Å². The van der Waals surface area contributed by atoms with Crippen molar-refractivity contribution in [2.75, 3.05) is 47.3 Å². The number of nitrogens with zero attached hydrogens (tertiary/aromatic N) is 3. The summed E-state index contributed by atoms with van der Waals surface area (Å²) < 4.78 is 27.0. The van der Waals surface area contributed by atoms with Crippen molar-refractivity contribution in [1.82, 2.24) is 18.8 Å². The Morgan fingerprint density at radius 3 is 2.36 bits per heavy atom.